The first-order valence-corrected chi connectivity index (χ1v) is 11.9. The molecule has 3 aromatic carbocycles. The molecular weight excluding hydrogens is 430 g/mol. The van der Waals surface area contributed by atoms with Crippen molar-refractivity contribution in [2.45, 2.75) is 9.79 Å². The van der Waals surface area contributed by atoms with E-state index in [0.717, 1.165) is 0 Å². The number of hydrogen-bond acceptors (Lipinski definition) is 4. The predicted octanol–water partition coefficient (Wildman–Crippen LogP) is 1.56. The molecule has 0 aliphatic heterocycles. The Labute approximate surface area is 187 Å². The van der Waals surface area contributed by atoms with Gasteiger partial charge in [-0.25, -0.2) is 0 Å². The first kappa shape index (κ1) is 23.2. The van der Waals surface area contributed by atoms with Crippen LogP contribution < -0.4 is 15.9 Å². The molecule has 0 aliphatic carbocycles. The van der Waals surface area contributed by atoms with E-state index in [2.05, 4.69) is 0 Å². The maximum atomic E-state index is 11.9. The molecule has 0 atom stereocenters. The maximum Gasteiger partial charge on any atom is 0.295 e. The second-order valence-corrected chi connectivity index (χ2v) is 10.5. The van der Waals surface area contributed by atoms with Crippen LogP contribution >= 0.6 is 7.92 Å². The molecule has 1 radical (unpaired) electrons. The van der Waals surface area contributed by atoms with Crippen molar-refractivity contribution in [3.63, 3.8) is 0 Å². The molecule has 3 rings (SSSR count). The summed E-state index contributed by atoms with van der Waals surface area (Å²) in [6.07, 6.45) is 0. The van der Waals surface area contributed by atoms with E-state index in [4.69, 9.17) is 0 Å². The van der Waals surface area contributed by atoms with Gasteiger partial charge >= 0.3 is 0 Å². The smallest absolute Gasteiger partial charge is 0.282 e. The summed E-state index contributed by atoms with van der Waals surface area (Å²) < 4.78 is 66.9. The third-order valence-electron chi connectivity index (χ3n) is 3.78. The summed E-state index contributed by atoms with van der Waals surface area (Å²) in [6.45, 7) is 0. The first-order valence-electron chi connectivity index (χ1n) is 7.68. The van der Waals surface area contributed by atoms with Crippen LogP contribution in [0.15, 0.2) is 88.7 Å². The second kappa shape index (κ2) is 9.15. The number of benzene rings is 3. The summed E-state index contributed by atoms with van der Waals surface area (Å²) in [5.41, 5.74) is 0. The molecule has 0 amide bonds. The minimum atomic E-state index is -4.54. The van der Waals surface area contributed by atoms with Crippen molar-refractivity contribution in [3.05, 3.63) is 78.9 Å². The Morgan fingerprint density at radius 2 is 0.929 bits per heavy atom. The van der Waals surface area contributed by atoms with Gasteiger partial charge in [-0.05, 0) is 25.4 Å². The molecule has 3 aromatic rings. The summed E-state index contributed by atoms with van der Waals surface area (Å²) in [4.78, 5) is -0.602. The maximum absolute atomic E-state index is 11.9. The van der Waals surface area contributed by atoms with Crippen LogP contribution in [0.2, 0.25) is 0 Å². The Kier molecular flexibility index (Phi) is 7.58. The molecule has 0 aromatic heterocycles. The molecule has 0 fully saturated rings. The van der Waals surface area contributed by atoms with E-state index in [9.17, 15) is 25.9 Å². The minimum Gasteiger partial charge on any atom is -0.282 e. The van der Waals surface area contributed by atoms with Crippen molar-refractivity contribution in [3.8, 4) is 0 Å². The zero-order valence-corrected chi connectivity index (χ0v) is 19.3. The van der Waals surface area contributed by atoms with Crippen LogP contribution in [-0.4, -0.2) is 55.5 Å². The van der Waals surface area contributed by atoms with Crippen molar-refractivity contribution in [2.75, 3.05) is 0 Å². The molecule has 2 N–H and O–H groups in total. The van der Waals surface area contributed by atoms with Gasteiger partial charge in [-0.1, -0.05) is 66.7 Å². The number of rotatable bonds is 5. The van der Waals surface area contributed by atoms with Gasteiger partial charge in [0.1, 0.15) is 9.79 Å². The van der Waals surface area contributed by atoms with Crippen LogP contribution in [0.1, 0.15) is 0 Å². The van der Waals surface area contributed by atoms with E-state index in [1.807, 2.05) is 0 Å². The van der Waals surface area contributed by atoms with Gasteiger partial charge in [0.2, 0.25) is 0 Å². The molecule has 0 spiro atoms. The van der Waals surface area contributed by atoms with E-state index in [1.54, 1.807) is 42.5 Å². The van der Waals surface area contributed by atoms with Gasteiger partial charge in [0, 0.05) is 40.2 Å². The van der Waals surface area contributed by atoms with Crippen LogP contribution in [0.5, 0.6) is 0 Å². The van der Waals surface area contributed by atoms with E-state index in [-0.39, 0.29) is 50.0 Å². The monoisotopic (exact) mass is 445 g/mol. The van der Waals surface area contributed by atoms with Crippen molar-refractivity contribution in [1.82, 2.24) is 0 Å². The summed E-state index contributed by atoms with van der Waals surface area (Å²) >= 11 is 0. The van der Waals surface area contributed by atoms with Crippen LogP contribution in [0.25, 0.3) is 0 Å². The predicted molar refractivity (Wildman–Crippen MR) is 111 cm³/mol. The van der Waals surface area contributed by atoms with Crippen molar-refractivity contribution < 1.29 is 25.9 Å². The van der Waals surface area contributed by atoms with Gasteiger partial charge in [-0.3, -0.25) is 9.11 Å². The Bertz CT molecular complexity index is 1110. The topological polar surface area (TPSA) is 109 Å². The fourth-order valence-corrected chi connectivity index (χ4v) is 7.46. The second-order valence-electron chi connectivity index (χ2n) is 5.56. The molecule has 6 nitrogen and oxygen atoms in total. The molecule has 0 bridgehead atoms. The van der Waals surface area contributed by atoms with Crippen molar-refractivity contribution in [1.29, 1.82) is 0 Å². The van der Waals surface area contributed by atoms with Crippen LogP contribution in [0.4, 0.5) is 0 Å². The van der Waals surface area contributed by atoms with Crippen molar-refractivity contribution >= 4 is 73.6 Å². The standard InChI is InChI=1S/C18H15O6PS2.Na/c19-26(20,21)17-12-6-4-10-15(17)25(14-8-2-1-3-9-14)16-11-5-7-13-18(16)27(22,23)24;/h1-13H,(H,19,20,21)(H,22,23,24);. The zero-order chi connectivity index (χ0) is 19.7. The largest absolute Gasteiger partial charge is 0.295 e. The van der Waals surface area contributed by atoms with Gasteiger partial charge in [0.25, 0.3) is 20.2 Å². The van der Waals surface area contributed by atoms with Gasteiger partial charge < -0.3 is 0 Å². The first-order chi connectivity index (χ1) is 12.7. The third-order valence-corrected chi connectivity index (χ3v) is 8.47. The summed E-state index contributed by atoms with van der Waals surface area (Å²) in [7, 11) is -10.8. The fourth-order valence-electron chi connectivity index (χ4n) is 2.71. The van der Waals surface area contributed by atoms with E-state index in [1.165, 1.54) is 36.4 Å². The summed E-state index contributed by atoms with van der Waals surface area (Å²) in [5, 5.41) is 1.19. The average molecular weight is 445 g/mol. The van der Waals surface area contributed by atoms with E-state index >= 15 is 0 Å². The van der Waals surface area contributed by atoms with Gasteiger partial charge in [0.15, 0.2) is 0 Å². The Morgan fingerprint density at radius 1 is 0.571 bits per heavy atom. The van der Waals surface area contributed by atoms with Crippen LogP contribution in [0.3, 0.4) is 0 Å². The average Bonchev–Trinajstić information content (AvgIpc) is 2.62. The quantitative estimate of drug-likeness (QED) is 0.351. The molecular formula is C18H15NaO6PS2. The molecule has 0 aliphatic rings. The van der Waals surface area contributed by atoms with Crippen LogP contribution in [-0.2, 0) is 20.2 Å². The molecule has 0 saturated heterocycles. The third kappa shape index (κ3) is 5.09. The Morgan fingerprint density at radius 3 is 1.32 bits per heavy atom. The molecule has 0 unspecified atom stereocenters. The molecule has 10 heteroatoms. The molecule has 0 saturated carbocycles. The summed E-state index contributed by atoms with van der Waals surface area (Å²) in [5.74, 6) is 0. The van der Waals surface area contributed by atoms with E-state index < -0.39 is 28.2 Å². The SMILES string of the molecule is O=S(=O)(O)c1ccccc1P(c1ccccc1)c1ccccc1S(=O)(=O)O.[Na]. The summed E-state index contributed by atoms with van der Waals surface area (Å²) in [6, 6.07) is 20.5. The normalized spacial score (nSPS) is 11.8. The molecule has 141 valence electrons. The van der Waals surface area contributed by atoms with Gasteiger partial charge in [0.05, 0.1) is 0 Å². The number of hydrogen-bond donors (Lipinski definition) is 2. The fraction of sp³-hybridized carbons (Fsp3) is 0. The Hall–Kier alpha value is -1.09. The van der Waals surface area contributed by atoms with Crippen molar-refractivity contribution in [2.24, 2.45) is 0 Å². The van der Waals surface area contributed by atoms with Gasteiger partial charge in [-0.2, -0.15) is 16.8 Å². The zero-order valence-electron chi connectivity index (χ0n) is 14.8. The van der Waals surface area contributed by atoms with Crippen LogP contribution in [0, 0.1) is 0 Å². The van der Waals surface area contributed by atoms with Gasteiger partial charge in [-0.15, -0.1) is 0 Å². The molecule has 28 heavy (non-hydrogen) atoms. The molecule has 0 heterocycles. The van der Waals surface area contributed by atoms with E-state index in [0.29, 0.717) is 5.30 Å². The Balaban J connectivity index is 0.00000280. The minimum absolute atomic E-state index is 0.